The van der Waals surface area contributed by atoms with Gasteiger partial charge in [-0.15, -0.1) is 11.3 Å². The number of rotatable bonds is 4. The molecule has 6 heteroatoms. The van der Waals surface area contributed by atoms with Crippen LogP contribution in [0, 0.1) is 0 Å². The van der Waals surface area contributed by atoms with Crippen molar-refractivity contribution < 1.29 is 4.79 Å². The van der Waals surface area contributed by atoms with Gasteiger partial charge in [0.1, 0.15) is 0 Å². The van der Waals surface area contributed by atoms with E-state index < -0.39 is 0 Å². The lowest BCUT2D eigenvalue weighted by Crippen LogP contribution is -2.13. The van der Waals surface area contributed by atoms with Gasteiger partial charge in [-0.05, 0) is 26.1 Å². The third-order valence-electron chi connectivity index (χ3n) is 3.27. The number of carbonyl (C=O) groups is 1. The first-order valence-electron chi connectivity index (χ1n) is 6.30. The van der Waals surface area contributed by atoms with Crippen LogP contribution in [0.2, 0.25) is 0 Å². The first-order valence-corrected chi connectivity index (χ1v) is 7.18. The van der Waals surface area contributed by atoms with E-state index in [0.717, 1.165) is 11.2 Å². The van der Waals surface area contributed by atoms with Crippen molar-refractivity contribution in [2.45, 2.75) is 13.0 Å². The Morgan fingerprint density at radius 1 is 1.50 bits per heavy atom. The number of nitrogens with one attached hydrogen (secondary N) is 2. The van der Waals surface area contributed by atoms with Gasteiger partial charge in [-0.2, -0.15) is 0 Å². The largest absolute Gasteiger partial charge is 0.359 e. The number of fused-ring (bicyclic) bond motifs is 1. The predicted octanol–water partition coefficient (Wildman–Crippen LogP) is 2.53. The normalized spacial score (nSPS) is 12.7. The summed E-state index contributed by atoms with van der Waals surface area (Å²) in [5.41, 5.74) is 3.00. The quantitative estimate of drug-likeness (QED) is 0.723. The van der Waals surface area contributed by atoms with Gasteiger partial charge < -0.3 is 10.3 Å². The number of ketones is 1. The SMILES string of the molecule is CN[C@@H](C)c1csc(C(=O)c2c[nH]c3cccnc23)n1. The molecule has 3 rings (SSSR count). The van der Waals surface area contributed by atoms with Crippen molar-refractivity contribution in [2.75, 3.05) is 7.05 Å². The first kappa shape index (κ1) is 13.0. The zero-order valence-electron chi connectivity index (χ0n) is 11.2. The van der Waals surface area contributed by atoms with Crippen LogP contribution in [0.1, 0.15) is 34.0 Å². The Hall–Kier alpha value is -2.05. The Morgan fingerprint density at radius 3 is 3.15 bits per heavy atom. The number of H-pyrrole nitrogens is 1. The van der Waals surface area contributed by atoms with E-state index in [0.29, 0.717) is 16.1 Å². The molecule has 0 saturated carbocycles. The van der Waals surface area contributed by atoms with Gasteiger partial charge in [0.05, 0.1) is 22.3 Å². The summed E-state index contributed by atoms with van der Waals surface area (Å²) in [4.78, 5) is 24.2. The maximum absolute atomic E-state index is 12.5. The highest BCUT2D eigenvalue weighted by Gasteiger charge is 2.19. The van der Waals surface area contributed by atoms with Gasteiger partial charge in [0.15, 0.2) is 5.01 Å². The molecule has 2 N–H and O–H groups in total. The molecule has 5 nitrogen and oxygen atoms in total. The Labute approximate surface area is 120 Å². The molecule has 20 heavy (non-hydrogen) atoms. The molecule has 0 aliphatic rings. The Balaban J connectivity index is 1.98. The fraction of sp³-hybridized carbons (Fsp3) is 0.214. The van der Waals surface area contributed by atoms with Gasteiger partial charge in [-0.3, -0.25) is 9.78 Å². The predicted molar refractivity (Wildman–Crippen MR) is 79.1 cm³/mol. The van der Waals surface area contributed by atoms with Gasteiger partial charge >= 0.3 is 0 Å². The zero-order valence-corrected chi connectivity index (χ0v) is 12.0. The molecule has 0 amide bonds. The van der Waals surface area contributed by atoms with Crippen molar-refractivity contribution in [3.8, 4) is 0 Å². The summed E-state index contributed by atoms with van der Waals surface area (Å²) in [6.07, 6.45) is 3.38. The number of nitrogens with zero attached hydrogens (tertiary/aromatic N) is 2. The van der Waals surface area contributed by atoms with Crippen LogP contribution < -0.4 is 5.32 Å². The van der Waals surface area contributed by atoms with Gasteiger partial charge in [-0.1, -0.05) is 0 Å². The van der Waals surface area contributed by atoms with E-state index in [-0.39, 0.29) is 11.8 Å². The second-order valence-electron chi connectivity index (χ2n) is 4.52. The molecule has 0 spiro atoms. The summed E-state index contributed by atoms with van der Waals surface area (Å²) in [6, 6.07) is 3.87. The molecule has 0 aromatic carbocycles. The highest BCUT2D eigenvalue weighted by molar-refractivity contribution is 7.12. The lowest BCUT2D eigenvalue weighted by Gasteiger charge is -2.04. The molecule has 102 valence electrons. The Morgan fingerprint density at radius 2 is 2.35 bits per heavy atom. The van der Waals surface area contributed by atoms with Crippen LogP contribution in [0.3, 0.4) is 0 Å². The van der Waals surface area contributed by atoms with E-state index >= 15 is 0 Å². The molecule has 0 unspecified atom stereocenters. The molecular weight excluding hydrogens is 272 g/mol. The number of hydrogen-bond donors (Lipinski definition) is 2. The van der Waals surface area contributed by atoms with Crippen molar-refractivity contribution in [1.29, 1.82) is 0 Å². The van der Waals surface area contributed by atoms with E-state index in [1.165, 1.54) is 11.3 Å². The molecule has 0 bridgehead atoms. The summed E-state index contributed by atoms with van der Waals surface area (Å²) >= 11 is 1.37. The number of thiazole rings is 1. The summed E-state index contributed by atoms with van der Waals surface area (Å²) in [5, 5.41) is 5.52. The van der Waals surface area contributed by atoms with Crippen molar-refractivity contribution in [3.05, 3.63) is 46.2 Å². The fourth-order valence-corrected chi connectivity index (χ4v) is 2.84. The third-order valence-corrected chi connectivity index (χ3v) is 4.13. The molecule has 0 fully saturated rings. The summed E-state index contributed by atoms with van der Waals surface area (Å²) in [5.74, 6) is -0.0884. The number of carbonyl (C=O) groups excluding carboxylic acids is 1. The van der Waals surface area contributed by atoms with Crippen LogP contribution in [-0.2, 0) is 0 Å². The lowest BCUT2D eigenvalue weighted by molar-refractivity contribution is 0.103. The number of pyridine rings is 1. The number of aromatic amines is 1. The van der Waals surface area contributed by atoms with Crippen LogP contribution in [-0.4, -0.2) is 27.8 Å². The monoisotopic (exact) mass is 286 g/mol. The highest BCUT2D eigenvalue weighted by atomic mass is 32.1. The van der Waals surface area contributed by atoms with E-state index in [4.69, 9.17) is 0 Å². The lowest BCUT2D eigenvalue weighted by atomic mass is 10.2. The van der Waals surface area contributed by atoms with Crippen LogP contribution in [0.4, 0.5) is 0 Å². The van der Waals surface area contributed by atoms with E-state index in [9.17, 15) is 4.79 Å². The molecule has 0 aliphatic carbocycles. The van der Waals surface area contributed by atoms with E-state index in [2.05, 4.69) is 20.3 Å². The van der Waals surface area contributed by atoms with Crippen LogP contribution in [0.25, 0.3) is 11.0 Å². The number of aromatic nitrogens is 3. The molecule has 3 aromatic rings. The molecule has 0 radical (unpaired) electrons. The van der Waals surface area contributed by atoms with Crippen molar-refractivity contribution in [1.82, 2.24) is 20.3 Å². The van der Waals surface area contributed by atoms with Crippen molar-refractivity contribution >= 4 is 28.2 Å². The van der Waals surface area contributed by atoms with Crippen LogP contribution >= 0.6 is 11.3 Å². The summed E-state index contributed by atoms with van der Waals surface area (Å²) in [7, 11) is 1.87. The van der Waals surface area contributed by atoms with Crippen molar-refractivity contribution in [2.24, 2.45) is 0 Å². The highest BCUT2D eigenvalue weighted by Crippen LogP contribution is 2.22. The average Bonchev–Trinajstić information content (AvgIpc) is 3.12. The Bertz CT molecular complexity index is 761. The molecule has 3 heterocycles. The van der Waals surface area contributed by atoms with Gasteiger partial charge in [0.25, 0.3) is 0 Å². The third kappa shape index (κ3) is 2.13. The second-order valence-corrected chi connectivity index (χ2v) is 5.38. The van der Waals surface area contributed by atoms with Gasteiger partial charge in [0.2, 0.25) is 5.78 Å². The average molecular weight is 286 g/mol. The molecular formula is C14H14N4OS. The second kappa shape index (κ2) is 5.15. The van der Waals surface area contributed by atoms with Crippen LogP contribution in [0.15, 0.2) is 29.9 Å². The maximum Gasteiger partial charge on any atom is 0.225 e. The van der Waals surface area contributed by atoms with Crippen molar-refractivity contribution in [3.63, 3.8) is 0 Å². The molecule has 0 aliphatic heterocycles. The molecule has 3 aromatic heterocycles. The number of hydrogen-bond acceptors (Lipinski definition) is 5. The zero-order chi connectivity index (χ0) is 14.1. The fourth-order valence-electron chi connectivity index (χ4n) is 1.98. The minimum absolute atomic E-state index is 0.0884. The van der Waals surface area contributed by atoms with Gasteiger partial charge in [0, 0.05) is 23.8 Å². The minimum atomic E-state index is -0.0884. The smallest absolute Gasteiger partial charge is 0.225 e. The van der Waals surface area contributed by atoms with E-state index in [1.54, 1.807) is 12.4 Å². The molecule has 1 atom stereocenters. The van der Waals surface area contributed by atoms with Crippen LogP contribution in [0.5, 0.6) is 0 Å². The standard InChI is InChI=1S/C14H14N4OS/c1-8(15-2)11-7-20-14(18-11)13(19)9-6-17-10-4-3-5-16-12(9)10/h3-8,15,17H,1-2H3/t8-/m0/s1. The molecule has 0 saturated heterocycles. The van der Waals surface area contributed by atoms with E-state index in [1.807, 2.05) is 31.5 Å². The Kier molecular flexibility index (Phi) is 3.33. The summed E-state index contributed by atoms with van der Waals surface area (Å²) < 4.78 is 0. The topological polar surface area (TPSA) is 70.7 Å². The van der Waals surface area contributed by atoms with Gasteiger partial charge in [-0.25, -0.2) is 4.98 Å². The summed E-state index contributed by atoms with van der Waals surface area (Å²) in [6.45, 7) is 2.01. The first-order chi connectivity index (χ1) is 9.70. The maximum atomic E-state index is 12.5. The minimum Gasteiger partial charge on any atom is -0.359 e.